The maximum absolute atomic E-state index is 12.7. The Bertz CT molecular complexity index is 984. The number of halogens is 1. The van der Waals surface area contributed by atoms with Gasteiger partial charge in [-0.05, 0) is 49.2 Å². The van der Waals surface area contributed by atoms with Crippen LogP contribution in [0.15, 0.2) is 66.9 Å². The standard InChI is InChI=1S/C21H21ClN6O/c22-15-6-4-9-17(14-15)26-27-20(29)18-10-5-13-28(18)21-23-12-11-19(25-21)24-16-7-2-1-3-8-16/h1-4,6-9,11-12,14,18,26H,5,10,13H2,(H,27,29)(H,23,24,25)/t18-/m0/s1. The summed E-state index contributed by atoms with van der Waals surface area (Å²) in [5.74, 6) is 1.09. The Labute approximate surface area is 174 Å². The van der Waals surface area contributed by atoms with Crippen molar-refractivity contribution in [3.63, 3.8) is 0 Å². The number of amides is 1. The van der Waals surface area contributed by atoms with Gasteiger partial charge in [-0.3, -0.25) is 15.6 Å². The summed E-state index contributed by atoms with van der Waals surface area (Å²) in [5, 5.41) is 3.86. The molecule has 1 amide bonds. The van der Waals surface area contributed by atoms with Crippen LogP contribution in [0, 0.1) is 0 Å². The maximum Gasteiger partial charge on any atom is 0.261 e. The van der Waals surface area contributed by atoms with Gasteiger partial charge in [-0.2, -0.15) is 4.98 Å². The first kappa shape index (κ1) is 19.0. The molecule has 1 aliphatic heterocycles. The van der Waals surface area contributed by atoms with Crippen LogP contribution < -0.4 is 21.1 Å². The van der Waals surface area contributed by atoms with Crippen molar-refractivity contribution in [3.8, 4) is 0 Å². The van der Waals surface area contributed by atoms with E-state index in [-0.39, 0.29) is 11.9 Å². The number of hydrogen-bond donors (Lipinski definition) is 3. The zero-order valence-corrected chi connectivity index (χ0v) is 16.4. The number of benzene rings is 2. The van der Waals surface area contributed by atoms with E-state index in [2.05, 4.69) is 26.1 Å². The molecule has 3 N–H and O–H groups in total. The van der Waals surface area contributed by atoms with Crippen LogP contribution in [0.25, 0.3) is 0 Å². The summed E-state index contributed by atoms with van der Waals surface area (Å²) >= 11 is 5.98. The fraction of sp³-hybridized carbons (Fsp3) is 0.190. The lowest BCUT2D eigenvalue weighted by Crippen LogP contribution is -2.46. The predicted octanol–water partition coefficient (Wildman–Crippen LogP) is 3.99. The molecular formula is C21H21ClN6O. The summed E-state index contributed by atoms with van der Waals surface area (Å²) in [5.41, 5.74) is 7.34. The minimum Gasteiger partial charge on any atom is -0.340 e. The van der Waals surface area contributed by atoms with Crippen molar-refractivity contribution in [1.82, 2.24) is 15.4 Å². The molecule has 1 saturated heterocycles. The topological polar surface area (TPSA) is 82.2 Å². The summed E-state index contributed by atoms with van der Waals surface area (Å²) in [7, 11) is 0. The molecule has 29 heavy (non-hydrogen) atoms. The average Bonchev–Trinajstić information content (AvgIpc) is 3.23. The van der Waals surface area contributed by atoms with Gasteiger partial charge in [-0.25, -0.2) is 4.98 Å². The Balaban J connectivity index is 1.43. The Hall–Kier alpha value is -3.32. The van der Waals surface area contributed by atoms with Crippen LogP contribution in [0.5, 0.6) is 0 Å². The molecule has 148 valence electrons. The van der Waals surface area contributed by atoms with Gasteiger partial charge in [0, 0.05) is 23.5 Å². The van der Waals surface area contributed by atoms with Crippen LogP contribution in [0.3, 0.4) is 0 Å². The zero-order chi connectivity index (χ0) is 20.1. The Morgan fingerprint density at radius 1 is 1.07 bits per heavy atom. The summed E-state index contributed by atoms with van der Waals surface area (Å²) < 4.78 is 0. The largest absolute Gasteiger partial charge is 0.340 e. The number of para-hydroxylation sites is 1. The lowest BCUT2D eigenvalue weighted by atomic mass is 10.2. The molecule has 0 saturated carbocycles. The van der Waals surface area contributed by atoms with Crippen LogP contribution in [0.1, 0.15) is 12.8 Å². The lowest BCUT2D eigenvalue weighted by Gasteiger charge is -2.24. The molecule has 0 unspecified atom stereocenters. The van der Waals surface area contributed by atoms with Crippen LogP contribution in [0.4, 0.5) is 23.1 Å². The van der Waals surface area contributed by atoms with Gasteiger partial charge in [0.1, 0.15) is 11.9 Å². The molecule has 0 aliphatic carbocycles. The SMILES string of the molecule is O=C(NNc1cccc(Cl)c1)[C@@H]1CCCN1c1nccc(Nc2ccccc2)n1. The molecule has 0 bridgehead atoms. The molecule has 0 spiro atoms. The molecule has 2 heterocycles. The number of rotatable bonds is 6. The molecule has 8 heteroatoms. The maximum atomic E-state index is 12.7. The number of nitrogens with zero attached hydrogens (tertiary/aromatic N) is 3. The fourth-order valence-electron chi connectivity index (χ4n) is 3.29. The smallest absolute Gasteiger partial charge is 0.261 e. The van der Waals surface area contributed by atoms with Crippen LogP contribution in [0.2, 0.25) is 5.02 Å². The van der Waals surface area contributed by atoms with Crippen molar-refractivity contribution in [3.05, 3.63) is 71.9 Å². The van der Waals surface area contributed by atoms with E-state index in [1.807, 2.05) is 53.4 Å². The number of hydrazine groups is 1. The van der Waals surface area contributed by atoms with Gasteiger partial charge in [0.2, 0.25) is 5.95 Å². The van der Waals surface area contributed by atoms with Crippen LogP contribution in [-0.2, 0) is 4.79 Å². The van der Waals surface area contributed by atoms with Gasteiger partial charge in [0.05, 0.1) is 5.69 Å². The third kappa shape index (κ3) is 4.75. The Kier molecular flexibility index (Phi) is 5.76. The highest BCUT2D eigenvalue weighted by molar-refractivity contribution is 6.30. The third-order valence-electron chi connectivity index (χ3n) is 4.66. The third-order valence-corrected chi connectivity index (χ3v) is 4.89. The molecule has 3 aromatic rings. The number of carbonyl (C=O) groups is 1. The van der Waals surface area contributed by atoms with Gasteiger partial charge in [0.15, 0.2) is 0 Å². The molecular weight excluding hydrogens is 388 g/mol. The predicted molar refractivity (Wildman–Crippen MR) is 115 cm³/mol. The fourth-order valence-corrected chi connectivity index (χ4v) is 3.48. The summed E-state index contributed by atoms with van der Waals surface area (Å²) in [6.07, 6.45) is 3.34. The first-order valence-electron chi connectivity index (χ1n) is 9.42. The van der Waals surface area contributed by atoms with Gasteiger partial charge in [0.25, 0.3) is 5.91 Å². The van der Waals surface area contributed by atoms with E-state index in [1.54, 1.807) is 18.3 Å². The van der Waals surface area contributed by atoms with Gasteiger partial charge in [-0.15, -0.1) is 0 Å². The first-order valence-corrected chi connectivity index (χ1v) is 9.80. The molecule has 1 fully saturated rings. The van der Waals surface area contributed by atoms with Crippen molar-refractivity contribution >= 4 is 40.6 Å². The highest BCUT2D eigenvalue weighted by Crippen LogP contribution is 2.24. The monoisotopic (exact) mass is 408 g/mol. The van der Waals surface area contributed by atoms with E-state index in [9.17, 15) is 4.79 Å². The normalized spacial score (nSPS) is 15.8. The zero-order valence-electron chi connectivity index (χ0n) is 15.7. The second-order valence-electron chi connectivity index (χ2n) is 6.71. The van der Waals surface area contributed by atoms with Crippen molar-refractivity contribution < 1.29 is 4.79 Å². The summed E-state index contributed by atoms with van der Waals surface area (Å²) in [6.45, 7) is 0.726. The Morgan fingerprint density at radius 2 is 1.90 bits per heavy atom. The molecule has 4 rings (SSSR count). The van der Waals surface area contributed by atoms with Crippen molar-refractivity contribution in [1.29, 1.82) is 0 Å². The quantitative estimate of drug-likeness (QED) is 0.535. The second-order valence-corrected chi connectivity index (χ2v) is 7.15. The summed E-state index contributed by atoms with van der Waals surface area (Å²) in [6, 6.07) is 18.5. The highest BCUT2D eigenvalue weighted by Gasteiger charge is 2.32. The number of carbonyl (C=O) groups excluding carboxylic acids is 1. The lowest BCUT2D eigenvalue weighted by molar-refractivity contribution is -0.121. The highest BCUT2D eigenvalue weighted by atomic mass is 35.5. The van der Waals surface area contributed by atoms with Crippen LogP contribution in [-0.4, -0.2) is 28.5 Å². The van der Waals surface area contributed by atoms with E-state index in [0.29, 0.717) is 16.8 Å². The van der Waals surface area contributed by atoms with Crippen molar-refractivity contribution in [2.75, 3.05) is 22.2 Å². The average molecular weight is 409 g/mol. The van der Waals surface area contributed by atoms with Gasteiger partial charge < -0.3 is 10.2 Å². The number of anilines is 4. The van der Waals surface area contributed by atoms with E-state index >= 15 is 0 Å². The molecule has 2 aromatic carbocycles. The number of aromatic nitrogens is 2. The Morgan fingerprint density at radius 3 is 2.72 bits per heavy atom. The van der Waals surface area contributed by atoms with Crippen molar-refractivity contribution in [2.24, 2.45) is 0 Å². The molecule has 7 nitrogen and oxygen atoms in total. The number of hydrogen-bond acceptors (Lipinski definition) is 6. The molecule has 1 atom stereocenters. The minimum atomic E-state index is -0.339. The second kappa shape index (κ2) is 8.79. The van der Waals surface area contributed by atoms with E-state index in [0.717, 1.165) is 30.8 Å². The number of nitrogens with one attached hydrogen (secondary N) is 3. The molecule has 1 aliphatic rings. The van der Waals surface area contributed by atoms with Gasteiger partial charge in [-0.1, -0.05) is 35.9 Å². The van der Waals surface area contributed by atoms with E-state index < -0.39 is 0 Å². The first-order chi connectivity index (χ1) is 14.2. The minimum absolute atomic E-state index is 0.132. The van der Waals surface area contributed by atoms with E-state index in [1.165, 1.54) is 0 Å². The molecule has 1 aromatic heterocycles. The van der Waals surface area contributed by atoms with Crippen molar-refractivity contribution in [2.45, 2.75) is 18.9 Å². The summed E-state index contributed by atoms with van der Waals surface area (Å²) in [4.78, 5) is 23.7. The molecule has 0 radical (unpaired) electrons. The van der Waals surface area contributed by atoms with Crippen LogP contribution >= 0.6 is 11.6 Å². The van der Waals surface area contributed by atoms with Gasteiger partial charge >= 0.3 is 0 Å². The van der Waals surface area contributed by atoms with E-state index in [4.69, 9.17) is 11.6 Å².